The molecule has 22 heavy (non-hydrogen) atoms. The largest absolute Gasteiger partial charge is 0.385 e. The van der Waals surface area contributed by atoms with Crippen molar-refractivity contribution < 1.29 is 4.79 Å². The third-order valence-corrected chi connectivity index (χ3v) is 4.07. The number of aryl methyl sites for hydroxylation is 1. The molecule has 0 saturated heterocycles. The van der Waals surface area contributed by atoms with E-state index in [2.05, 4.69) is 28.4 Å². The number of carbonyl (C=O) groups is 1. The van der Waals surface area contributed by atoms with Gasteiger partial charge in [0.05, 0.1) is 6.54 Å². The van der Waals surface area contributed by atoms with E-state index >= 15 is 0 Å². The molecule has 1 heterocycles. The molecule has 0 saturated carbocycles. The van der Waals surface area contributed by atoms with Crippen molar-refractivity contribution in [2.24, 2.45) is 0 Å². The van der Waals surface area contributed by atoms with Crippen LogP contribution < -0.4 is 5.32 Å². The number of rotatable bonds is 5. The molecule has 2 aromatic rings. The van der Waals surface area contributed by atoms with E-state index in [9.17, 15) is 4.79 Å². The molecule has 1 aliphatic heterocycles. The fraction of sp³-hybridized carbons (Fsp3) is 0.316. The lowest BCUT2D eigenvalue weighted by Crippen LogP contribution is -2.25. The molecular formula is C19H22N2O. The number of anilines is 1. The lowest BCUT2D eigenvalue weighted by Gasteiger charge is -2.19. The Morgan fingerprint density at radius 1 is 1.18 bits per heavy atom. The highest BCUT2D eigenvalue weighted by Crippen LogP contribution is 2.23. The molecule has 0 fully saturated rings. The Kier molecular flexibility index (Phi) is 4.54. The van der Waals surface area contributed by atoms with E-state index in [1.165, 1.54) is 16.8 Å². The van der Waals surface area contributed by atoms with Crippen LogP contribution in [0.2, 0.25) is 0 Å². The van der Waals surface area contributed by atoms with Gasteiger partial charge in [-0.05, 0) is 49.2 Å². The molecule has 0 aromatic heterocycles. The van der Waals surface area contributed by atoms with Gasteiger partial charge in [-0.1, -0.05) is 30.3 Å². The average Bonchev–Trinajstić information content (AvgIpc) is 2.55. The maximum Gasteiger partial charge on any atom is 0.176 e. The van der Waals surface area contributed by atoms with E-state index in [1.807, 2.05) is 37.4 Å². The van der Waals surface area contributed by atoms with Crippen molar-refractivity contribution in [1.29, 1.82) is 0 Å². The zero-order valence-corrected chi connectivity index (χ0v) is 13.0. The first-order chi connectivity index (χ1) is 10.7. The summed E-state index contributed by atoms with van der Waals surface area (Å²) in [5, 5.41) is 3.38. The number of hydrogen-bond acceptors (Lipinski definition) is 3. The molecule has 0 bridgehead atoms. The minimum absolute atomic E-state index is 0.187. The molecule has 114 valence electrons. The molecule has 0 aliphatic carbocycles. The van der Waals surface area contributed by atoms with Gasteiger partial charge in [0, 0.05) is 24.3 Å². The first kappa shape index (κ1) is 14.8. The highest BCUT2D eigenvalue weighted by molar-refractivity contribution is 5.98. The van der Waals surface area contributed by atoms with Crippen LogP contribution in [0.15, 0.2) is 48.5 Å². The van der Waals surface area contributed by atoms with Gasteiger partial charge >= 0.3 is 0 Å². The van der Waals surface area contributed by atoms with Crippen LogP contribution in [0.4, 0.5) is 5.69 Å². The monoisotopic (exact) mass is 294 g/mol. The van der Waals surface area contributed by atoms with Crippen molar-refractivity contribution in [3.63, 3.8) is 0 Å². The number of fused-ring (bicyclic) bond motifs is 1. The van der Waals surface area contributed by atoms with Crippen molar-refractivity contribution in [1.82, 2.24) is 4.90 Å². The van der Waals surface area contributed by atoms with Gasteiger partial charge in [-0.3, -0.25) is 9.69 Å². The second-order valence-electron chi connectivity index (χ2n) is 5.98. The van der Waals surface area contributed by atoms with Gasteiger partial charge in [0.25, 0.3) is 0 Å². The summed E-state index contributed by atoms with van der Waals surface area (Å²) in [4.78, 5) is 14.5. The Balaban J connectivity index is 1.64. The molecule has 0 spiro atoms. The Labute approximate surface area is 132 Å². The Morgan fingerprint density at radius 2 is 2.00 bits per heavy atom. The van der Waals surface area contributed by atoms with Gasteiger partial charge in [0.1, 0.15) is 0 Å². The first-order valence-electron chi connectivity index (χ1n) is 7.85. The van der Waals surface area contributed by atoms with Crippen molar-refractivity contribution >= 4 is 11.5 Å². The molecule has 2 aromatic carbocycles. The van der Waals surface area contributed by atoms with Gasteiger partial charge in [-0.15, -0.1) is 0 Å². The van der Waals surface area contributed by atoms with Crippen molar-refractivity contribution in [3.8, 4) is 0 Å². The topological polar surface area (TPSA) is 32.3 Å². The van der Waals surface area contributed by atoms with Gasteiger partial charge < -0.3 is 5.32 Å². The van der Waals surface area contributed by atoms with Gasteiger partial charge in [-0.2, -0.15) is 0 Å². The van der Waals surface area contributed by atoms with E-state index in [0.29, 0.717) is 6.54 Å². The number of likely N-dealkylation sites (N-methyl/N-ethyl adjacent to an activating group) is 1. The third kappa shape index (κ3) is 3.55. The summed E-state index contributed by atoms with van der Waals surface area (Å²) in [6, 6.07) is 16.3. The van der Waals surface area contributed by atoms with Crippen LogP contribution in [-0.2, 0) is 13.0 Å². The van der Waals surface area contributed by atoms with Crippen molar-refractivity contribution in [3.05, 3.63) is 65.2 Å². The molecule has 3 rings (SSSR count). The molecule has 0 radical (unpaired) electrons. The number of nitrogens with zero attached hydrogens (tertiary/aromatic N) is 1. The van der Waals surface area contributed by atoms with Crippen molar-refractivity contribution in [2.45, 2.75) is 19.4 Å². The SMILES string of the molecule is CN(CC(=O)c1ccc2c(c1)CCCN2)Cc1ccccc1. The van der Waals surface area contributed by atoms with Crippen LogP contribution in [0.3, 0.4) is 0 Å². The molecule has 0 atom stereocenters. The fourth-order valence-corrected chi connectivity index (χ4v) is 2.94. The zero-order chi connectivity index (χ0) is 15.4. The summed E-state index contributed by atoms with van der Waals surface area (Å²) in [7, 11) is 1.99. The van der Waals surface area contributed by atoms with Gasteiger partial charge in [0.15, 0.2) is 5.78 Å². The molecule has 1 aliphatic rings. The van der Waals surface area contributed by atoms with Crippen LogP contribution in [0.1, 0.15) is 27.9 Å². The van der Waals surface area contributed by atoms with Gasteiger partial charge in [0.2, 0.25) is 0 Å². The summed E-state index contributed by atoms with van der Waals surface area (Å²) in [5.74, 6) is 0.187. The number of benzene rings is 2. The number of nitrogens with one attached hydrogen (secondary N) is 1. The maximum absolute atomic E-state index is 12.5. The van der Waals surface area contributed by atoms with E-state index < -0.39 is 0 Å². The van der Waals surface area contributed by atoms with Crippen LogP contribution in [0, 0.1) is 0 Å². The second kappa shape index (κ2) is 6.75. The minimum Gasteiger partial charge on any atom is -0.385 e. The van der Waals surface area contributed by atoms with Crippen LogP contribution in [0.25, 0.3) is 0 Å². The molecule has 0 amide bonds. The highest BCUT2D eigenvalue weighted by Gasteiger charge is 2.14. The quantitative estimate of drug-likeness (QED) is 0.858. The van der Waals surface area contributed by atoms with E-state index in [1.54, 1.807) is 0 Å². The molecule has 0 unspecified atom stereocenters. The van der Waals surface area contributed by atoms with Crippen LogP contribution in [-0.4, -0.2) is 30.8 Å². The maximum atomic E-state index is 12.5. The predicted molar refractivity (Wildman–Crippen MR) is 90.4 cm³/mol. The number of hydrogen-bond donors (Lipinski definition) is 1. The van der Waals surface area contributed by atoms with Crippen LogP contribution >= 0.6 is 0 Å². The molecular weight excluding hydrogens is 272 g/mol. The predicted octanol–water partition coefficient (Wildman–Crippen LogP) is 3.36. The first-order valence-corrected chi connectivity index (χ1v) is 7.85. The Morgan fingerprint density at radius 3 is 2.82 bits per heavy atom. The third-order valence-electron chi connectivity index (χ3n) is 4.07. The summed E-state index contributed by atoms with van der Waals surface area (Å²) < 4.78 is 0. The standard InChI is InChI=1S/C19H22N2O/c1-21(13-15-6-3-2-4-7-15)14-19(22)17-9-10-18-16(12-17)8-5-11-20-18/h2-4,6-7,9-10,12,20H,5,8,11,13-14H2,1H3. The smallest absolute Gasteiger partial charge is 0.176 e. The fourth-order valence-electron chi connectivity index (χ4n) is 2.94. The second-order valence-corrected chi connectivity index (χ2v) is 5.98. The molecule has 1 N–H and O–H groups in total. The summed E-state index contributed by atoms with van der Waals surface area (Å²) in [5.41, 5.74) is 4.50. The average molecular weight is 294 g/mol. The van der Waals surface area contributed by atoms with Crippen LogP contribution in [0.5, 0.6) is 0 Å². The lowest BCUT2D eigenvalue weighted by atomic mass is 9.99. The highest BCUT2D eigenvalue weighted by atomic mass is 16.1. The van der Waals surface area contributed by atoms with Gasteiger partial charge in [-0.25, -0.2) is 0 Å². The number of ketones is 1. The van der Waals surface area contributed by atoms with Crippen molar-refractivity contribution in [2.75, 3.05) is 25.5 Å². The minimum atomic E-state index is 0.187. The van der Waals surface area contributed by atoms with E-state index in [-0.39, 0.29) is 5.78 Å². The normalized spacial score (nSPS) is 13.5. The Bertz CT molecular complexity index is 652. The zero-order valence-electron chi connectivity index (χ0n) is 13.0. The summed E-state index contributed by atoms with van der Waals surface area (Å²) in [6.45, 7) is 2.26. The Hall–Kier alpha value is -2.13. The molecule has 3 nitrogen and oxygen atoms in total. The number of Topliss-reactive ketones (excluding diaryl/α,β-unsaturated/α-hetero) is 1. The summed E-state index contributed by atoms with van der Waals surface area (Å²) in [6.07, 6.45) is 2.20. The lowest BCUT2D eigenvalue weighted by molar-refractivity contribution is 0.0943. The summed E-state index contributed by atoms with van der Waals surface area (Å²) >= 11 is 0. The number of carbonyl (C=O) groups excluding carboxylic acids is 1. The molecule has 3 heteroatoms. The van der Waals surface area contributed by atoms with E-state index in [4.69, 9.17) is 0 Å². The van der Waals surface area contributed by atoms with E-state index in [0.717, 1.165) is 31.5 Å².